The lowest BCUT2D eigenvalue weighted by Gasteiger charge is -2.50. The summed E-state index contributed by atoms with van der Waals surface area (Å²) in [6, 6.07) is 0. The Morgan fingerprint density at radius 2 is 1.58 bits per heavy atom. The lowest BCUT2D eigenvalue weighted by Crippen LogP contribution is -2.64. The van der Waals surface area contributed by atoms with Gasteiger partial charge in [0.2, 0.25) is 0 Å². The van der Waals surface area contributed by atoms with Crippen molar-refractivity contribution in [3.8, 4) is 0 Å². The first-order valence-corrected chi connectivity index (χ1v) is 8.07. The Kier molecular flexibility index (Phi) is 6.20. The topological polar surface area (TPSA) is 129 Å². The van der Waals surface area contributed by atoms with Crippen LogP contribution in [-0.4, -0.2) is 87.5 Å². The quantitative estimate of drug-likeness (QED) is 0.413. The summed E-state index contributed by atoms with van der Waals surface area (Å²) in [5.74, 6) is -2.16. The number of alkyl halides is 1. The lowest BCUT2D eigenvalue weighted by atomic mass is 9.80. The second kappa shape index (κ2) is 7.46. The van der Waals surface area contributed by atoms with Crippen LogP contribution in [0.15, 0.2) is 0 Å². The van der Waals surface area contributed by atoms with Crippen LogP contribution in [0.5, 0.6) is 0 Å². The maximum Gasteiger partial charge on any atom is 0.195 e. The van der Waals surface area contributed by atoms with Gasteiger partial charge in [0.15, 0.2) is 18.2 Å². The molecular formula is C15H27FO8. The predicted molar refractivity (Wildman–Crippen MR) is 78.4 cm³/mol. The first-order valence-electron chi connectivity index (χ1n) is 8.07. The summed E-state index contributed by atoms with van der Waals surface area (Å²) in [6.45, 7) is 4.02. The van der Waals surface area contributed by atoms with Crippen molar-refractivity contribution in [2.75, 3.05) is 13.2 Å². The Labute approximate surface area is 139 Å². The highest BCUT2D eigenvalue weighted by molar-refractivity contribution is 4.94. The van der Waals surface area contributed by atoms with Gasteiger partial charge in [0.25, 0.3) is 0 Å². The van der Waals surface area contributed by atoms with E-state index in [-0.39, 0.29) is 18.4 Å². The second-order valence-corrected chi connectivity index (χ2v) is 6.79. The molecule has 0 amide bonds. The minimum Gasteiger partial charge on any atom is -0.394 e. The largest absolute Gasteiger partial charge is 0.394 e. The van der Waals surface area contributed by atoms with Crippen molar-refractivity contribution in [3.63, 3.8) is 0 Å². The molecule has 2 aliphatic rings. The number of ether oxygens (including phenoxy) is 3. The lowest BCUT2D eigenvalue weighted by molar-refractivity contribution is -0.404. The molecule has 2 fully saturated rings. The van der Waals surface area contributed by atoms with Crippen LogP contribution < -0.4 is 0 Å². The summed E-state index contributed by atoms with van der Waals surface area (Å²) >= 11 is 0. The van der Waals surface area contributed by atoms with E-state index < -0.39 is 55.4 Å². The molecule has 24 heavy (non-hydrogen) atoms. The summed E-state index contributed by atoms with van der Waals surface area (Å²) in [4.78, 5) is 0. The number of halogens is 1. The molecule has 2 saturated heterocycles. The molecule has 5 N–H and O–H groups in total. The molecule has 0 saturated carbocycles. The fraction of sp³-hybridized carbons (Fsp3) is 1.00. The maximum atomic E-state index is 14.3. The van der Waals surface area contributed by atoms with E-state index in [1.54, 1.807) is 6.92 Å². The van der Waals surface area contributed by atoms with Crippen molar-refractivity contribution in [1.29, 1.82) is 0 Å². The molecule has 10 atom stereocenters. The molecule has 2 aliphatic heterocycles. The third-order valence-corrected chi connectivity index (χ3v) is 5.17. The predicted octanol–water partition coefficient (Wildman–Crippen LogP) is -1.48. The van der Waals surface area contributed by atoms with Gasteiger partial charge >= 0.3 is 0 Å². The van der Waals surface area contributed by atoms with Gasteiger partial charge in [-0.3, -0.25) is 0 Å². The summed E-state index contributed by atoms with van der Waals surface area (Å²) in [5, 5.41) is 48.5. The SMILES string of the molecule is CC1C(CO)OC(C)(OC2OC(CO)C(O)C(O)C2F)C(O)C1C. The minimum absolute atomic E-state index is 0.160. The molecule has 8 nitrogen and oxygen atoms in total. The average Bonchev–Trinajstić information content (AvgIpc) is 2.57. The summed E-state index contributed by atoms with van der Waals surface area (Å²) in [7, 11) is 0. The zero-order valence-corrected chi connectivity index (χ0v) is 13.9. The van der Waals surface area contributed by atoms with Crippen LogP contribution in [-0.2, 0) is 14.2 Å². The Morgan fingerprint density at radius 3 is 2.12 bits per heavy atom. The van der Waals surface area contributed by atoms with Gasteiger partial charge in [0.05, 0.1) is 19.3 Å². The maximum absolute atomic E-state index is 14.3. The highest BCUT2D eigenvalue weighted by atomic mass is 19.1. The molecule has 2 rings (SSSR count). The third-order valence-electron chi connectivity index (χ3n) is 5.17. The second-order valence-electron chi connectivity index (χ2n) is 6.79. The highest BCUT2D eigenvalue weighted by Crippen LogP contribution is 2.40. The molecule has 2 heterocycles. The number of rotatable bonds is 4. The van der Waals surface area contributed by atoms with Crippen molar-refractivity contribution >= 4 is 0 Å². The summed E-state index contributed by atoms with van der Waals surface area (Å²) in [6.07, 6.45) is -10.2. The zero-order chi connectivity index (χ0) is 18.2. The fourth-order valence-corrected chi connectivity index (χ4v) is 3.25. The van der Waals surface area contributed by atoms with Gasteiger partial charge in [-0.2, -0.15) is 0 Å². The minimum atomic E-state index is -2.10. The van der Waals surface area contributed by atoms with E-state index in [9.17, 15) is 29.9 Å². The average molecular weight is 354 g/mol. The molecule has 0 aromatic rings. The molecule has 0 radical (unpaired) electrons. The molecule has 0 aliphatic carbocycles. The Bertz CT molecular complexity index is 422. The molecule has 9 heteroatoms. The number of aliphatic hydroxyl groups excluding tert-OH is 5. The zero-order valence-electron chi connectivity index (χ0n) is 13.9. The number of aliphatic hydroxyl groups is 5. The molecular weight excluding hydrogens is 327 g/mol. The van der Waals surface area contributed by atoms with E-state index >= 15 is 0 Å². The third kappa shape index (κ3) is 3.45. The van der Waals surface area contributed by atoms with Gasteiger partial charge in [0, 0.05) is 0 Å². The van der Waals surface area contributed by atoms with E-state index in [0.29, 0.717) is 0 Å². The smallest absolute Gasteiger partial charge is 0.195 e. The Balaban J connectivity index is 2.18. The monoisotopic (exact) mass is 354 g/mol. The van der Waals surface area contributed by atoms with Crippen molar-refractivity contribution in [2.45, 2.75) is 69.5 Å². The number of hydrogen-bond acceptors (Lipinski definition) is 8. The van der Waals surface area contributed by atoms with Crippen LogP contribution in [0.3, 0.4) is 0 Å². The van der Waals surface area contributed by atoms with Gasteiger partial charge in [-0.1, -0.05) is 13.8 Å². The highest BCUT2D eigenvalue weighted by Gasteiger charge is 2.54. The van der Waals surface area contributed by atoms with Crippen LogP contribution in [0, 0.1) is 11.8 Å². The first kappa shape index (κ1) is 19.9. The molecule has 0 aromatic carbocycles. The normalized spacial score (nSPS) is 53.1. The van der Waals surface area contributed by atoms with Crippen LogP contribution in [0.2, 0.25) is 0 Å². The van der Waals surface area contributed by atoms with Crippen LogP contribution in [0.25, 0.3) is 0 Å². The molecule has 142 valence electrons. The summed E-state index contributed by atoms with van der Waals surface area (Å²) < 4.78 is 30.6. The van der Waals surface area contributed by atoms with Crippen molar-refractivity contribution in [1.82, 2.24) is 0 Å². The number of hydrogen-bond donors (Lipinski definition) is 5. The van der Waals surface area contributed by atoms with Crippen molar-refractivity contribution in [3.05, 3.63) is 0 Å². The Morgan fingerprint density at radius 1 is 1.00 bits per heavy atom. The van der Waals surface area contributed by atoms with Crippen LogP contribution in [0.1, 0.15) is 20.8 Å². The van der Waals surface area contributed by atoms with E-state index in [1.165, 1.54) is 6.92 Å². The van der Waals surface area contributed by atoms with Gasteiger partial charge < -0.3 is 39.7 Å². The standard InChI is InChI=1S/C15H27FO8/c1-6-7(2)13(21)15(3,23-8(6)4-17)24-14-10(16)12(20)11(19)9(5-18)22-14/h6-14,17-21H,4-5H2,1-3H3. The first-order chi connectivity index (χ1) is 11.2. The molecule has 0 spiro atoms. The van der Waals surface area contributed by atoms with Gasteiger partial charge in [-0.25, -0.2) is 4.39 Å². The van der Waals surface area contributed by atoms with Gasteiger partial charge in [-0.15, -0.1) is 0 Å². The van der Waals surface area contributed by atoms with Gasteiger partial charge in [-0.05, 0) is 18.8 Å². The van der Waals surface area contributed by atoms with E-state index in [4.69, 9.17) is 14.2 Å². The van der Waals surface area contributed by atoms with E-state index in [2.05, 4.69) is 0 Å². The Hall–Kier alpha value is -0.390. The van der Waals surface area contributed by atoms with Gasteiger partial charge in [0.1, 0.15) is 24.4 Å². The van der Waals surface area contributed by atoms with E-state index in [1.807, 2.05) is 6.92 Å². The summed E-state index contributed by atoms with van der Waals surface area (Å²) in [5.41, 5.74) is 0. The van der Waals surface area contributed by atoms with Crippen LogP contribution >= 0.6 is 0 Å². The molecule has 0 aromatic heterocycles. The van der Waals surface area contributed by atoms with Crippen molar-refractivity contribution in [2.24, 2.45) is 11.8 Å². The molecule has 10 unspecified atom stereocenters. The molecule has 0 bridgehead atoms. The van der Waals surface area contributed by atoms with Crippen molar-refractivity contribution < 1.29 is 44.1 Å². The van der Waals surface area contributed by atoms with E-state index in [0.717, 1.165) is 0 Å². The van der Waals surface area contributed by atoms with Crippen LogP contribution in [0.4, 0.5) is 4.39 Å². The fourth-order valence-electron chi connectivity index (χ4n) is 3.25.